The quantitative estimate of drug-likeness (QED) is 0.180. The van der Waals surface area contributed by atoms with E-state index in [2.05, 4.69) is 46.3 Å². The van der Waals surface area contributed by atoms with Gasteiger partial charge in [-0.25, -0.2) is 4.79 Å². The summed E-state index contributed by atoms with van der Waals surface area (Å²) in [4.78, 5) is 18.0. The van der Waals surface area contributed by atoms with Gasteiger partial charge in [0.2, 0.25) is 0 Å². The molecule has 2 aliphatic heterocycles. The molecule has 0 saturated carbocycles. The smallest absolute Gasteiger partial charge is 0.412 e. The minimum atomic E-state index is -0.540. The molecule has 45 heavy (non-hydrogen) atoms. The molecule has 3 aromatic rings. The Kier molecular flexibility index (Phi) is 12.1. The SMILES string of the molecule is CC1(OC(=O)Nc2ccccc2-c2ccccc2)CCN(CCCCCCCCN2CCC(O)(Cc3ccccc3)CC2)CC1. The lowest BCUT2D eigenvalue weighted by Gasteiger charge is -2.38. The van der Waals surface area contributed by atoms with Crippen LogP contribution < -0.4 is 5.32 Å². The van der Waals surface area contributed by atoms with Crippen LogP contribution in [0.5, 0.6) is 0 Å². The molecule has 242 valence electrons. The summed E-state index contributed by atoms with van der Waals surface area (Å²) in [6.45, 7) is 8.33. The summed E-state index contributed by atoms with van der Waals surface area (Å²) in [5, 5.41) is 14.0. The Bertz CT molecular complexity index is 1300. The third-order valence-corrected chi connectivity index (χ3v) is 9.86. The molecule has 2 N–H and O–H groups in total. The number of aliphatic hydroxyl groups is 1. The normalized spacial score (nSPS) is 18.4. The van der Waals surface area contributed by atoms with Gasteiger partial charge in [-0.2, -0.15) is 0 Å². The van der Waals surface area contributed by atoms with E-state index in [1.807, 2.05) is 60.7 Å². The Labute approximate surface area is 270 Å². The van der Waals surface area contributed by atoms with Gasteiger partial charge in [0, 0.05) is 38.2 Å². The number of rotatable bonds is 14. The van der Waals surface area contributed by atoms with E-state index in [1.54, 1.807) is 0 Å². The van der Waals surface area contributed by atoms with Gasteiger partial charge in [0.25, 0.3) is 0 Å². The highest BCUT2D eigenvalue weighted by molar-refractivity contribution is 5.91. The predicted octanol–water partition coefficient (Wildman–Crippen LogP) is 8.17. The zero-order valence-electron chi connectivity index (χ0n) is 27.3. The van der Waals surface area contributed by atoms with Crippen LogP contribution in [0, 0.1) is 0 Å². The molecule has 0 spiro atoms. The number of unbranched alkanes of at least 4 members (excludes halogenated alkanes) is 5. The van der Waals surface area contributed by atoms with E-state index in [0.29, 0.717) is 0 Å². The monoisotopic (exact) mass is 611 g/mol. The number of ether oxygens (including phenoxy) is 1. The van der Waals surface area contributed by atoms with E-state index < -0.39 is 11.2 Å². The summed E-state index contributed by atoms with van der Waals surface area (Å²) in [6.07, 6.45) is 11.5. The van der Waals surface area contributed by atoms with Crippen LogP contribution >= 0.6 is 0 Å². The number of hydrogen-bond acceptors (Lipinski definition) is 5. The van der Waals surface area contributed by atoms with Crippen LogP contribution in [0.25, 0.3) is 11.1 Å². The molecule has 2 heterocycles. The van der Waals surface area contributed by atoms with Crippen molar-refractivity contribution in [2.24, 2.45) is 0 Å². The summed E-state index contributed by atoms with van der Waals surface area (Å²) in [5.74, 6) is 0. The molecule has 0 unspecified atom stereocenters. The van der Waals surface area contributed by atoms with Crippen molar-refractivity contribution in [1.29, 1.82) is 0 Å². The third kappa shape index (κ3) is 10.4. The van der Waals surface area contributed by atoms with Crippen LogP contribution in [-0.2, 0) is 11.2 Å². The van der Waals surface area contributed by atoms with Crippen LogP contribution in [-0.4, -0.2) is 71.5 Å². The molecule has 0 atom stereocenters. The van der Waals surface area contributed by atoms with Crippen molar-refractivity contribution in [2.45, 2.75) is 88.8 Å². The molecule has 6 heteroatoms. The molecule has 3 aromatic carbocycles. The number of benzene rings is 3. The second kappa shape index (κ2) is 16.4. The van der Waals surface area contributed by atoms with Crippen LogP contribution in [0.3, 0.4) is 0 Å². The first kappa shape index (κ1) is 33.2. The fourth-order valence-electron chi connectivity index (χ4n) is 6.90. The minimum absolute atomic E-state index is 0.376. The average Bonchev–Trinajstić information content (AvgIpc) is 3.05. The van der Waals surface area contributed by atoms with Crippen LogP contribution in [0.15, 0.2) is 84.9 Å². The van der Waals surface area contributed by atoms with Crippen LogP contribution in [0.4, 0.5) is 10.5 Å². The molecule has 5 rings (SSSR count). The van der Waals surface area contributed by atoms with E-state index in [0.717, 1.165) is 88.2 Å². The number of para-hydroxylation sites is 1. The number of hydrogen-bond donors (Lipinski definition) is 2. The molecule has 2 saturated heterocycles. The van der Waals surface area contributed by atoms with Gasteiger partial charge in [-0.1, -0.05) is 105 Å². The number of nitrogens with zero attached hydrogens (tertiary/aromatic N) is 2. The maximum atomic E-state index is 12.9. The van der Waals surface area contributed by atoms with Gasteiger partial charge in [0.05, 0.1) is 11.3 Å². The van der Waals surface area contributed by atoms with Crippen molar-refractivity contribution in [1.82, 2.24) is 9.80 Å². The summed E-state index contributed by atoms with van der Waals surface area (Å²) in [6, 6.07) is 28.4. The first-order valence-corrected chi connectivity index (χ1v) is 17.3. The van der Waals surface area contributed by atoms with Crippen molar-refractivity contribution in [2.75, 3.05) is 44.6 Å². The fraction of sp³-hybridized carbons (Fsp3) is 0.513. The molecule has 0 aromatic heterocycles. The van der Waals surface area contributed by atoms with Crippen molar-refractivity contribution >= 4 is 11.8 Å². The highest BCUT2D eigenvalue weighted by atomic mass is 16.6. The molecular weight excluding hydrogens is 558 g/mol. The summed E-state index contributed by atoms with van der Waals surface area (Å²) in [7, 11) is 0. The van der Waals surface area contributed by atoms with Gasteiger partial charge in [-0.05, 0) is 75.7 Å². The van der Waals surface area contributed by atoms with Gasteiger partial charge in [0.15, 0.2) is 0 Å². The first-order valence-electron chi connectivity index (χ1n) is 17.3. The van der Waals surface area contributed by atoms with Gasteiger partial charge in [0.1, 0.15) is 5.60 Å². The highest BCUT2D eigenvalue weighted by Gasteiger charge is 2.34. The molecule has 0 radical (unpaired) electrons. The number of nitrogens with one attached hydrogen (secondary N) is 1. The maximum absolute atomic E-state index is 12.9. The fourth-order valence-corrected chi connectivity index (χ4v) is 6.90. The average molecular weight is 612 g/mol. The lowest BCUT2D eigenvalue weighted by Crippen LogP contribution is -2.46. The topological polar surface area (TPSA) is 65.0 Å². The number of carbonyl (C=O) groups excluding carboxylic acids is 1. The summed E-state index contributed by atoms with van der Waals surface area (Å²) < 4.78 is 5.99. The molecular formula is C39H53N3O3. The number of piperidine rings is 2. The number of likely N-dealkylation sites (tertiary alicyclic amines) is 2. The molecule has 2 aliphatic rings. The lowest BCUT2D eigenvalue weighted by atomic mass is 9.85. The van der Waals surface area contributed by atoms with Gasteiger partial charge in [-0.3, -0.25) is 5.32 Å². The second-order valence-electron chi connectivity index (χ2n) is 13.6. The lowest BCUT2D eigenvalue weighted by molar-refractivity contribution is -0.0209. The maximum Gasteiger partial charge on any atom is 0.412 e. The Hall–Kier alpha value is -3.19. The van der Waals surface area contributed by atoms with E-state index in [1.165, 1.54) is 44.1 Å². The summed E-state index contributed by atoms with van der Waals surface area (Å²) >= 11 is 0. The van der Waals surface area contributed by atoms with Gasteiger partial charge < -0.3 is 19.6 Å². The van der Waals surface area contributed by atoms with Crippen LogP contribution in [0.2, 0.25) is 0 Å². The minimum Gasteiger partial charge on any atom is -0.443 e. The largest absolute Gasteiger partial charge is 0.443 e. The highest BCUT2D eigenvalue weighted by Crippen LogP contribution is 2.30. The molecule has 6 nitrogen and oxygen atoms in total. The van der Waals surface area contributed by atoms with Gasteiger partial charge >= 0.3 is 6.09 Å². The first-order chi connectivity index (χ1) is 21.9. The second-order valence-corrected chi connectivity index (χ2v) is 13.6. The van der Waals surface area contributed by atoms with Crippen molar-refractivity contribution in [3.8, 4) is 11.1 Å². The van der Waals surface area contributed by atoms with Crippen molar-refractivity contribution < 1.29 is 14.6 Å². The molecule has 0 aliphatic carbocycles. The Balaban J connectivity index is 0.897. The Morgan fingerprint density at radius 3 is 1.84 bits per heavy atom. The van der Waals surface area contributed by atoms with Crippen molar-refractivity contribution in [3.63, 3.8) is 0 Å². The van der Waals surface area contributed by atoms with E-state index in [9.17, 15) is 9.90 Å². The predicted molar refractivity (Wildman–Crippen MR) is 185 cm³/mol. The number of amides is 1. The molecule has 2 fully saturated rings. The Morgan fingerprint density at radius 2 is 1.22 bits per heavy atom. The Morgan fingerprint density at radius 1 is 0.711 bits per heavy atom. The van der Waals surface area contributed by atoms with Crippen LogP contribution in [0.1, 0.15) is 76.7 Å². The van der Waals surface area contributed by atoms with E-state index in [4.69, 9.17) is 4.74 Å². The van der Waals surface area contributed by atoms with E-state index >= 15 is 0 Å². The van der Waals surface area contributed by atoms with Crippen molar-refractivity contribution in [3.05, 3.63) is 90.5 Å². The number of anilines is 1. The standard InChI is InChI=1S/C39H53N3O3/c1-38(45-37(43)40-36-21-13-12-20-35(36)34-18-10-7-11-19-34)22-28-41(29-23-38)26-14-4-2-3-5-15-27-42-30-24-39(44,25-31-42)32-33-16-8-6-9-17-33/h6-13,16-21,44H,2-5,14-15,22-32H2,1H3,(H,40,43). The van der Waals surface area contributed by atoms with Gasteiger partial charge in [-0.15, -0.1) is 0 Å². The number of carbonyl (C=O) groups is 1. The molecule has 0 bridgehead atoms. The zero-order valence-corrected chi connectivity index (χ0v) is 27.3. The summed E-state index contributed by atoms with van der Waals surface area (Å²) in [5.41, 5.74) is 3.10. The molecule has 1 amide bonds. The third-order valence-electron chi connectivity index (χ3n) is 9.86. The zero-order chi connectivity index (χ0) is 31.4. The van der Waals surface area contributed by atoms with E-state index in [-0.39, 0.29) is 6.09 Å².